The van der Waals surface area contributed by atoms with Crippen LogP contribution in [0.15, 0.2) is 0 Å². The summed E-state index contributed by atoms with van der Waals surface area (Å²) >= 11 is 0. The van der Waals surface area contributed by atoms with Gasteiger partial charge in [-0.05, 0) is 6.92 Å². The summed E-state index contributed by atoms with van der Waals surface area (Å²) in [6.45, 7) is 1.61. The zero-order valence-electron chi connectivity index (χ0n) is 7.20. The van der Waals surface area contributed by atoms with Crippen LogP contribution in [0.4, 0.5) is 0 Å². The summed E-state index contributed by atoms with van der Waals surface area (Å²) in [5.41, 5.74) is 5.25. The molecule has 0 saturated heterocycles. The van der Waals surface area contributed by atoms with Crippen molar-refractivity contribution in [2.75, 3.05) is 12.0 Å². The summed E-state index contributed by atoms with van der Waals surface area (Å²) in [5, 5.41) is 2.39. The first-order valence-corrected chi connectivity index (χ1v) is 5.60. The third-order valence-electron chi connectivity index (χ3n) is 1.09. The predicted molar refractivity (Wildman–Crippen MR) is 46.1 cm³/mol. The standard InChI is InChI=1S/C6H14N2O3S/c1-5(7)8-6(9)3-4-12(2,10)11/h5H,3-4,7H2,1-2H3,(H,8,9). The number of carbonyl (C=O) groups excluding carboxylic acids is 1. The highest BCUT2D eigenvalue weighted by Gasteiger charge is 2.08. The molecule has 0 saturated carbocycles. The second kappa shape index (κ2) is 4.42. The van der Waals surface area contributed by atoms with Crippen molar-refractivity contribution in [3.63, 3.8) is 0 Å². The second-order valence-corrected chi connectivity index (χ2v) is 5.00. The lowest BCUT2D eigenvalue weighted by Gasteiger charge is -2.06. The average molecular weight is 194 g/mol. The van der Waals surface area contributed by atoms with Crippen LogP contribution >= 0.6 is 0 Å². The van der Waals surface area contributed by atoms with E-state index >= 15 is 0 Å². The number of carbonyl (C=O) groups is 1. The highest BCUT2D eigenvalue weighted by atomic mass is 32.2. The molecule has 0 spiro atoms. The molecule has 72 valence electrons. The highest BCUT2D eigenvalue weighted by Crippen LogP contribution is 1.88. The van der Waals surface area contributed by atoms with Crippen molar-refractivity contribution in [2.24, 2.45) is 5.73 Å². The van der Waals surface area contributed by atoms with Crippen molar-refractivity contribution in [2.45, 2.75) is 19.5 Å². The molecule has 0 aliphatic carbocycles. The first-order chi connectivity index (χ1) is 5.31. The van der Waals surface area contributed by atoms with Gasteiger partial charge < -0.3 is 11.1 Å². The van der Waals surface area contributed by atoms with Crippen LogP contribution in [-0.2, 0) is 14.6 Å². The number of sulfone groups is 1. The van der Waals surface area contributed by atoms with E-state index in [1.165, 1.54) is 0 Å². The number of rotatable bonds is 4. The lowest BCUT2D eigenvalue weighted by atomic mass is 10.4. The maximum atomic E-state index is 10.8. The Bertz CT molecular complexity index is 246. The molecule has 0 aliphatic rings. The number of hydrogen-bond acceptors (Lipinski definition) is 4. The van der Waals surface area contributed by atoms with Gasteiger partial charge in [-0.3, -0.25) is 4.79 Å². The average Bonchev–Trinajstić information content (AvgIpc) is 1.80. The second-order valence-electron chi connectivity index (χ2n) is 2.74. The van der Waals surface area contributed by atoms with Crippen LogP contribution in [0.25, 0.3) is 0 Å². The Hall–Kier alpha value is -0.620. The minimum absolute atomic E-state index is 0.0274. The van der Waals surface area contributed by atoms with Gasteiger partial charge in [0.1, 0.15) is 9.84 Å². The summed E-state index contributed by atoms with van der Waals surface area (Å²) in [4.78, 5) is 10.8. The van der Waals surface area contributed by atoms with E-state index in [4.69, 9.17) is 5.73 Å². The van der Waals surface area contributed by atoms with Crippen LogP contribution in [0, 0.1) is 0 Å². The Morgan fingerprint density at radius 2 is 2.08 bits per heavy atom. The summed E-state index contributed by atoms with van der Waals surface area (Å²) < 4.78 is 21.2. The van der Waals surface area contributed by atoms with Crippen molar-refractivity contribution >= 4 is 15.7 Å². The lowest BCUT2D eigenvalue weighted by Crippen LogP contribution is -2.39. The van der Waals surface area contributed by atoms with Crippen molar-refractivity contribution in [3.05, 3.63) is 0 Å². The fourth-order valence-electron chi connectivity index (χ4n) is 0.604. The van der Waals surface area contributed by atoms with Gasteiger partial charge in [-0.25, -0.2) is 8.42 Å². The molecule has 5 nitrogen and oxygen atoms in total. The van der Waals surface area contributed by atoms with Gasteiger partial charge in [0.05, 0.1) is 11.9 Å². The van der Waals surface area contributed by atoms with E-state index in [9.17, 15) is 13.2 Å². The van der Waals surface area contributed by atoms with Crippen LogP contribution in [0.5, 0.6) is 0 Å². The first-order valence-electron chi connectivity index (χ1n) is 3.54. The molecule has 1 atom stereocenters. The fraction of sp³-hybridized carbons (Fsp3) is 0.833. The summed E-state index contributed by atoms with van der Waals surface area (Å²) in [6.07, 6.45) is 0.629. The Morgan fingerprint density at radius 3 is 2.42 bits per heavy atom. The molecule has 0 rings (SSSR count). The van der Waals surface area contributed by atoms with Gasteiger partial charge in [-0.1, -0.05) is 0 Å². The van der Waals surface area contributed by atoms with Gasteiger partial charge in [0.15, 0.2) is 0 Å². The molecule has 6 heteroatoms. The molecule has 0 aromatic rings. The Labute approximate surface area is 72.2 Å². The smallest absolute Gasteiger partial charge is 0.222 e. The molecular weight excluding hydrogens is 180 g/mol. The van der Waals surface area contributed by atoms with Gasteiger partial charge in [-0.2, -0.15) is 0 Å². The van der Waals surface area contributed by atoms with E-state index in [0.29, 0.717) is 0 Å². The van der Waals surface area contributed by atoms with Crippen molar-refractivity contribution in [1.29, 1.82) is 0 Å². The molecular formula is C6H14N2O3S. The third-order valence-corrected chi connectivity index (χ3v) is 2.03. The first kappa shape index (κ1) is 11.4. The van der Waals surface area contributed by atoms with Crippen LogP contribution in [-0.4, -0.2) is 32.5 Å². The number of hydrogen-bond donors (Lipinski definition) is 2. The molecule has 0 bridgehead atoms. The van der Waals surface area contributed by atoms with Crippen LogP contribution in [0.2, 0.25) is 0 Å². The maximum absolute atomic E-state index is 10.8. The largest absolute Gasteiger partial charge is 0.341 e. The van der Waals surface area contributed by atoms with Gasteiger partial charge in [-0.15, -0.1) is 0 Å². The van der Waals surface area contributed by atoms with Crippen LogP contribution in [0.3, 0.4) is 0 Å². The topological polar surface area (TPSA) is 89.3 Å². The van der Waals surface area contributed by atoms with Gasteiger partial charge in [0.2, 0.25) is 5.91 Å². The van der Waals surface area contributed by atoms with Crippen LogP contribution in [0.1, 0.15) is 13.3 Å². The quantitative estimate of drug-likeness (QED) is 0.552. The minimum Gasteiger partial charge on any atom is -0.341 e. The van der Waals surface area contributed by atoms with E-state index in [0.717, 1.165) is 6.26 Å². The summed E-state index contributed by atoms with van der Waals surface area (Å²) in [6, 6.07) is 0. The van der Waals surface area contributed by atoms with E-state index in [1.807, 2.05) is 0 Å². The molecule has 12 heavy (non-hydrogen) atoms. The molecule has 1 amide bonds. The SMILES string of the molecule is CC(N)NC(=O)CCS(C)(=O)=O. The molecule has 0 aliphatic heterocycles. The zero-order chi connectivity index (χ0) is 9.78. The van der Waals surface area contributed by atoms with E-state index < -0.39 is 16.0 Å². The number of nitrogens with two attached hydrogens (primary N) is 1. The molecule has 0 fully saturated rings. The van der Waals surface area contributed by atoms with Crippen LogP contribution < -0.4 is 11.1 Å². The fourth-order valence-corrected chi connectivity index (χ4v) is 1.16. The van der Waals surface area contributed by atoms with Gasteiger partial charge in [0.25, 0.3) is 0 Å². The van der Waals surface area contributed by atoms with Gasteiger partial charge in [0, 0.05) is 12.7 Å². The predicted octanol–water partition coefficient (Wildman–Crippen LogP) is -1.16. The molecule has 1 unspecified atom stereocenters. The minimum atomic E-state index is -3.06. The maximum Gasteiger partial charge on any atom is 0.222 e. The molecule has 0 radical (unpaired) electrons. The highest BCUT2D eigenvalue weighted by molar-refractivity contribution is 7.90. The van der Waals surface area contributed by atoms with Crippen molar-refractivity contribution < 1.29 is 13.2 Å². The van der Waals surface area contributed by atoms with E-state index in [2.05, 4.69) is 5.32 Å². The number of amides is 1. The van der Waals surface area contributed by atoms with E-state index in [-0.39, 0.29) is 18.1 Å². The molecule has 3 N–H and O–H groups in total. The zero-order valence-corrected chi connectivity index (χ0v) is 8.02. The lowest BCUT2D eigenvalue weighted by molar-refractivity contribution is -0.121. The monoisotopic (exact) mass is 194 g/mol. The molecule has 0 aromatic carbocycles. The Kier molecular flexibility index (Phi) is 4.19. The Morgan fingerprint density at radius 1 is 1.58 bits per heavy atom. The normalized spacial score (nSPS) is 13.9. The summed E-state index contributed by atoms with van der Waals surface area (Å²) in [7, 11) is -3.06. The number of nitrogens with one attached hydrogen (secondary N) is 1. The van der Waals surface area contributed by atoms with Crippen molar-refractivity contribution in [3.8, 4) is 0 Å². The van der Waals surface area contributed by atoms with Gasteiger partial charge >= 0.3 is 0 Å². The molecule has 0 heterocycles. The summed E-state index contributed by atoms with van der Waals surface area (Å²) in [5.74, 6) is -0.471. The van der Waals surface area contributed by atoms with Crippen molar-refractivity contribution in [1.82, 2.24) is 5.32 Å². The third kappa shape index (κ3) is 7.49. The Balaban J connectivity index is 3.73. The molecule has 0 aromatic heterocycles. The van der Waals surface area contributed by atoms with E-state index in [1.54, 1.807) is 6.92 Å².